The zero-order chi connectivity index (χ0) is 18.9. The summed E-state index contributed by atoms with van der Waals surface area (Å²) in [5, 5.41) is 11.0. The first-order valence-corrected chi connectivity index (χ1v) is 8.32. The van der Waals surface area contributed by atoms with E-state index in [4.69, 9.17) is 15.9 Å². The van der Waals surface area contributed by atoms with Crippen molar-refractivity contribution in [3.05, 3.63) is 47.9 Å². The molecule has 0 aliphatic carbocycles. The Kier molecular flexibility index (Phi) is 6.84. The molecular formula is C19H24N6O. The lowest BCUT2D eigenvalue weighted by atomic mass is 10.1. The van der Waals surface area contributed by atoms with E-state index in [9.17, 15) is 0 Å². The van der Waals surface area contributed by atoms with Crippen molar-refractivity contribution in [2.24, 2.45) is 10.7 Å². The zero-order valence-corrected chi connectivity index (χ0v) is 15.3. The molecule has 2 aromatic rings. The van der Waals surface area contributed by atoms with E-state index in [0.717, 1.165) is 22.5 Å². The van der Waals surface area contributed by atoms with E-state index in [-0.39, 0.29) is 0 Å². The van der Waals surface area contributed by atoms with Gasteiger partial charge in [0.1, 0.15) is 0 Å². The quantitative estimate of drug-likeness (QED) is 0.633. The smallest absolute Gasteiger partial charge is 0.222 e. The number of nitrogens with two attached hydrogens (primary N) is 1. The van der Waals surface area contributed by atoms with Crippen LogP contribution < -0.4 is 15.8 Å². The van der Waals surface area contributed by atoms with E-state index in [1.807, 2.05) is 32.0 Å². The van der Waals surface area contributed by atoms with Gasteiger partial charge >= 0.3 is 0 Å². The van der Waals surface area contributed by atoms with Gasteiger partial charge in [-0.3, -0.25) is 4.99 Å². The summed E-state index contributed by atoms with van der Waals surface area (Å²) in [5.74, 6) is 0.523. The van der Waals surface area contributed by atoms with Crippen LogP contribution in [0.4, 0.5) is 5.69 Å². The van der Waals surface area contributed by atoms with Crippen LogP contribution in [0, 0.1) is 12.3 Å². The highest BCUT2D eigenvalue weighted by Crippen LogP contribution is 2.30. The van der Waals surface area contributed by atoms with Gasteiger partial charge < -0.3 is 21.2 Å². The number of hydrogen-bond donors (Lipinski definition) is 3. The van der Waals surface area contributed by atoms with Crippen LogP contribution in [-0.4, -0.2) is 42.1 Å². The van der Waals surface area contributed by atoms with Gasteiger partial charge in [0.05, 0.1) is 35.8 Å². The van der Waals surface area contributed by atoms with Gasteiger partial charge in [-0.25, -0.2) is 9.97 Å². The third kappa shape index (κ3) is 4.44. The summed E-state index contributed by atoms with van der Waals surface area (Å²) in [6.07, 6.45) is 6.13. The molecule has 0 aliphatic heterocycles. The second kappa shape index (κ2) is 9.31. The molecule has 0 bridgehead atoms. The van der Waals surface area contributed by atoms with Crippen LogP contribution in [-0.2, 0) is 0 Å². The van der Waals surface area contributed by atoms with Crippen molar-refractivity contribution in [2.45, 2.75) is 13.8 Å². The minimum absolute atomic E-state index is 0.511. The molecule has 0 aromatic carbocycles. The van der Waals surface area contributed by atoms with Gasteiger partial charge in [0.25, 0.3) is 0 Å². The lowest BCUT2D eigenvalue weighted by Gasteiger charge is -2.15. The Morgan fingerprint density at radius 3 is 2.92 bits per heavy atom. The number of anilines is 1. The Balaban J connectivity index is 2.45. The van der Waals surface area contributed by atoms with Gasteiger partial charge in [-0.2, -0.15) is 0 Å². The second-order valence-corrected chi connectivity index (χ2v) is 5.43. The molecule has 7 nitrogen and oxygen atoms in total. The van der Waals surface area contributed by atoms with Crippen LogP contribution >= 0.6 is 0 Å². The normalized spacial score (nSPS) is 11.6. The van der Waals surface area contributed by atoms with Crippen LogP contribution in [0.1, 0.15) is 18.2 Å². The average Bonchev–Trinajstić information content (AvgIpc) is 2.67. The van der Waals surface area contributed by atoms with E-state index in [1.54, 1.807) is 19.3 Å². The van der Waals surface area contributed by atoms with Crippen molar-refractivity contribution in [3.63, 3.8) is 0 Å². The number of nitrogens with zero attached hydrogens (tertiary/aromatic N) is 3. The number of aliphatic imine (C=N–C) groups is 1. The third-order valence-corrected chi connectivity index (χ3v) is 3.81. The monoisotopic (exact) mass is 352 g/mol. The van der Waals surface area contributed by atoms with E-state index in [0.29, 0.717) is 30.4 Å². The molecule has 4 N–H and O–H groups in total. The molecule has 2 aromatic heterocycles. The van der Waals surface area contributed by atoms with E-state index >= 15 is 0 Å². The standard InChI is InChI=1S/C19H24N6O/c1-4-26-19-15(6-5-9-23-19)17-10-16(13(2)18(11-21)25-17)24-12-14(22-3)7-8-20/h5-11,21H,4,12,20H2,1-3H3,(H,24,25). The highest BCUT2D eigenvalue weighted by molar-refractivity contribution is 5.98. The molecule has 26 heavy (non-hydrogen) atoms. The lowest BCUT2D eigenvalue weighted by molar-refractivity contribution is 0.328. The minimum atomic E-state index is 0.511. The largest absolute Gasteiger partial charge is 0.477 e. The zero-order valence-electron chi connectivity index (χ0n) is 15.3. The van der Waals surface area contributed by atoms with E-state index in [1.165, 1.54) is 12.4 Å². The number of ether oxygens (including phenoxy) is 1. The molecule has 0 atom stereocenters. The maximum atomic E-state index is 7.68. The van der Waals surface area contributed by atoms with Crippen LogP contribution in [0.15, 0.2) is 41.7 Å². The van der Waals surface area contributed by atoms with Gasteiger partial charge in [-0.05, 0) is 49.9 Å². The maximum Gasteiger partial charge on any atom is 0.222 e. The first-order chi connectivity index (χ1) is 12.6. The lowest BCUT2D eigenvalue weighted by Crippen LogP contribution is -2.14. The van der Waals surface area contributed by atoms with E-state index in [2.05, 4.69) is 20.3 Å². The Morgan fingerprint density at radius 2 is 2.27 bits per heavy atom. The van der Waals surface area contributed by atoms with Gasteiger partial charge in [-0.15, -0.1) is 0 Å². The maximum absolute atomic E-state index is 7.68. The molecule has 0 amide bonds. The number of rotatable bonds is 8. The molecular weight excluding hydrogens is 328 g/mol. The van der Waals surface area contributed by atoms with Crippen molar-refractivity contribution in [3.8, 4) is 17.1 Å². The van der Waals surface area contributed by atoms with Gasteiger partial charge in [-0.1, -0.05) is 0 Å². The van der Waals surface area contributed by atoms with Crippen LogP contribution in [0.25, 0.3) is 11.3 Å². The molecule has 2 heterocycles. The molecule has 0 saturated heterocycles. The molecule has 7 heteroatoms. The van der Waals surface area contributed by atoms with Crippen LogP contribution in [0.2, 0.25) is 0 Å². The highest BCUT2D eigenvalue weighted by atomic mass is 16.5. The third-order valence-electron chi connectivity index (χ3n) is 3.81. The summed E-state index contributed by atoms with van der Waals surface area (Å²) in [7, 11) is 1.72. The van der Waals surface area contributed by atoms with Gasteiger partial charge in [0.2, 0.25) is 5.88 Å². The molecule has 0 fully saturated rings. The summed E-state index contributed by atoms with van der Waals surface area (Å²) in [5.41, 5.74) is 10.1. The first kappa shape index (κ1) is 19.1. The number of hydrogen-bond acceptors (Lipinski definition) is 7. The first-order valence-electron chi connectivity index (χ1n) is 8.32. The van der Waals surface area contributed by atoms with Gasteiger partial charge in [0, 0.05) is 25.1 Å². The molecule has 0 spiro atoms. The summed E-state index contributed by atoms with van der Waals surface area (Å²) in [6, 6.07) is 5.68. The van der Waals surface area contributed by atoms with Crippen molar-refractivity contribution < 1.29 is 4.74 Å². The highest BCUT2D eigenvalue weighted by Gasteiger charge is 2.13. The molecule has 0 saturated carbocycles. The summed E-state index contributed by atoms with van der Waals surface area (Å²) in [6.45, 7) is 4.86. The van der Waals surface area contributed by atoms with Crippen molar-refractivity contribution >= 4 is 17.6 Å². The fourth-order valence-electron chi connectivity index (χ4n) is 2.44. The molecule has 0 radical (unpaired) electrons. The number of nitrogens with one attached hydrogen (secondary N) is 2. The van der Waals surface area contributed by atoms with Crippen LogP contribution in [0.3, 0.4) is 0 Å². The molecule has 0 unspecified atom stereocenters. The summed E-state index contributed by atoms with van der Waals surface area (Å²) < 4.78 is 5.61. The SMILES string of the molecule is CCOc1ncccc1-c1cc(NCC(C=CN)=NC)c(C)c(C=N)n1. The molecule has 0 aliphatic rings. The Bertz CT molecular complexity index is 829. The second-order valence-electron chi connectivity index (χ2n) is 5.43. The Morgan fingerprint density at radius 1 is 1.46 bits per heavy atom. The Labute approximate surface area is 153 Å². The molecule has 2 rings (SSSR count). The average molecular weight is 352 g/mol. The summed E-state index contributed by atoms with van der Waals surface area (Å²) >= 11 is 0. The predicted molar refractivity (Wildman–Crippen MR) is 106 cm³/mol. The minimum Gasteiger partial charge on any atom is -0.477 e. The summed E-state index contributed by atoms with van der Waals surface area (Å²) in [4.78, 5) is 13.0. The topological polar surface area (TPSA) is 109 Å². The van der Waals surface area contributed by atoms with Crippen molar-refractivity contribution in [2.75, 3.05) is 25.5 Å². The van der Waals surface area contributed by atoms with Crippen molar-refractivity contribution in [1.29, 1.82) is 5.41 Å². The van der Waals surface area contributed by atoms with Crippen molar-refractivity contribution in [1.82, 2.24) is 9.97 Å². The number of pyridine rings is 2. The van der Waals surface area contributed by atoms with E-state index < -0.39 is 0 Å². The predicted octanol–water partition coefficient (Wildman–Crippen LogP) is 2.80. The fourth-order valence-corrected chi connectivity index (χ4v) is 2.44. The number of aromatic nitrogens is 2. The Hall–Kier alpha value is -3.22. The van der Waals surface area contributed by atoms with Crippen LogP contribution in [0.5, 0.6) is 5.88 Å². The van der Waals surface area contributed by atoms with Gasteiger partial charge in [0.15, 0.2) is 0 Å². The fraction of sp³-hybridized carbons (Fsp3) is 0.263. The molecule has 136 valence electrons.